The van der Waals surface area contributed by atoms with Crippen LogP contribution in [0.3, 0.4) is 0 Å². The summed E-state index contributed by atoms with van der Waals surface area (Å²) in [5.41, 5.74) is 1.43. The van der Waals surface area contributed by atoms with Crippen molar-refractivity contribution >= 4 is 69.0 Å². The SMILES string of the molecule is C=CCOc1c(I)cc(/C=C(\Sc2n[nH]c(-c3cc(OC)cc(OC)c3)n2)C(=O)O)cc1I. The Morgan fingerprint density at radius 3 is 2.33 bits per heavy atom. The van der Waals surface area contributed by atoms with Gasteiger partial charge >= 0.3 is 5.97 Å². The quantitative estimate of drug-likeness (QED) is 0.125. The zero-order valence-corrected chi connectivity index (χ0v) is 22.7. The molecule has 0 radical (unpaired) electrons. The van der Waals surface area contributed by atoms with Crippen LogP contribution in [0.2, 0.25) is 0 Å². The number of hydrogen-bond acceptors (Lipinski definition) is 7. The second-order valence-electron chi connectivity index (χ2n) is 6.40. The zero-order chi connectivity index (χ0) is 24.0. The molecule has 0 spiro atoms. The summed E-state index contributed by atoms with van der Waals surface area (Å²) in [6.45, 7) is 4.05. The van der Waals surface area contributed by atoms with Gasteiger partial charge in [-0.2, -0.15) is 0 Å². The van der Waals surface area contributed by atoms with Gasteiger partial charge in [0.15, 0.2) is 5.82 Å². The molecule has 0 saturated carbocycles. The smallest absolute Gasteiger partial charge is 0.342 e. The molecule has 2 aromatic carbocycles. The number of carbonyl (C=O) groups is 1. The summed E-state index contributed by atoms with van der Waals surface area (Å²) in [5.74, 6) is 1.33. The van der Waals surface area contributed by atoms with Crippen LogP contribution in [-0.4, -0.2) is 47.1 Å². The van der Waals surface area contributed by atoms with Crippen molar-refractivity contribution in [3.8, 4) is 28.6 Å². The average Bonchev–Trinajstić information content (AvgIpc) is 3.26. The van der Waals surface area contributed by atoms with Crippen molar-refractivity contribution in [1.29, 1.82) is 0 Å². The minimum Gasteiger partial charge on any atom is -0.497 e. The summed E-state index contributed by atoms with van der Waals surface area (Å²) in [6, 6.07) is 9.03. The van der Waals surface area contributed by atoms with Gasteiger partial charge in [0.05, 0.1) is 21.4 Å². The van der Waals surface area contributed by atoms with Gasteiger partial charge in [0.25, 0.3) is 0 Å². The van der Waals surface area contributed by atoms with Crippen LogP contribution in [0, 0.1) is 7.14 Å². The first-order valence-electron chi connectivity index (χ1n) is 9.36. The number of thioether (sulfide) groups is 1. The Labute approximate surface area is 222 Å². The monoisotopic (exact) mass is 691 g/mol. The number of aliphatic carboxylic acids is 1. The highest BCUT2D eigenvalue weighted by Gasteiger charge is 2.16. The molecule has 0 unspecified atom stereocenters. The Bertz CT molecular complexity index is 1170. The summed E-state index contributed by atoms with van der Waals surface area (Å²) in [6.07, 6.45) is 3.26. The third-order valence-electron chi connectivity index (χ3n) is 4.17. The molecule has 172 valence electrons. The Kier molecular flexibility index (Phi) is 9.02. The maximum absolute atomic E-state index is 11.9. The molecule has 33 heavy (non-hydrogen) atoms. The van der Waals surface area contributed by atoms with Crippen LogP contribution in [0.15, 0.2) is 53.0 Å². The van der Waals surface area contributed by atoms with E-state index in [9.17, 15) is 9.90 Å². The molecule has 0 amide bonds. The van der Waals surface area contributed by atoms with Crippen molar-refractivity contribution in [3.63, 3.8) is 0 Å². The Morgan fingerprint density at radius 2 is 1.79 bits per heavy atom. The molecule has 0 aliphatic carbocycles. The Morgan fingerprint density at radius 1 is 1.15 bits per heavy atom. The number of ether oxygens (including phenoxy) is 3. The number of methoxy groups -OCH3 is 2. The van der Waals surface area contributed by atoms with Crippen LogP contribution in [-0.2, 0) is 4.79 Å². The van der Waals surface area contributed by atoms with Gasteiger partial charge in [-0.15, -0.1) is 5.10 Å². The third-order valence-corrected chi connectivity index (χ3v) is 6.65. The van der Waals surface area contributed by atoms with Crippen LogP contribution in [0.4, 0.5) is 0 Å². The van der Waals surface area contributed by atoms with Crippen molar-refractivity contribution in [2.75, 3.05) is 20.8 Å². The van der Waals surface area contributed by atoms with Gasteiger partial charge in [-0.3, -0.25) is 5.10 Å². The number of rotatable bonds is 10. The number of aromatic amines is 1. The molecule has 2 N–H and O–H groups in total. The maximum atomic E-state index is 11.9. The molecular weight excluding hydrogens is 672 g/mol. The lowest BCUT2D eigenvalue weighted by Crippen LogP contribution is -2.00. The topological polar surface area (TPSA) is 107 Å². The molecule has 0 fully saturated rings. The van der Waals surface area contributed by atoms with E-state index < -0.39 is 5.97 Å². The number of nitrogens with one attached hydrogen (secondary N) is 1. The van der Waals surface area contributed by atoms with Crippen LogP contribution in [0.5, 0.6) is 17.2 Å². The minimum absolute atomic E-state index is 0.0788. The predicted molar refractivity (Wildman–Crippen MR) is 144 cm³/mol. The number of nitrogens with zero attached hydrogens (tertiary/aromatic N) is 2. The highest BCUT2D eigenvalue weighted by Crippen LogP contribution is 2.33. The average molecular weight is 691 g/mol. The lowest BCUT2D eigenvalue weighted by Gasteiger charge is -2.10. The predicted octanol–water partition coefficient (Wildman–Crippen LogP) is 5.48. The van der Waals surface area contributed by atoms with E-state index in [4.69, 9.17) is 14.2 Å². The van der Waals surface area contributed by atoms with Gasteiger partial charge in [0.1, 0.15) is 28.8 Å². The molecule has 0 saturated heterocycles. The number of carboxylic acid groups (broad SMARTS) is 1. The molecule has 8 nitrogen and oxygen atoms in total. The summed E-state index contributed by atoms with van der Waals surface area (Å²) in [4.78, 5) is 16.4. The number of hydrogen-bond donors (Lipinski definition) is 2. The lowest BCUT2D eigenvalue weighted by atomic mass is 10.2. The fraction of sp³-hybridized carbons (Fsp3) is 0.136. The van der Waals surface area contributed by atoms with Gasteiger partial charge in [0, 0.05) is 11.6 Å². The van der Waals surface area contributed by atoms with Crippen LogP contribution < -0.4 is 14.2 Å². The molecule has 11 heteroatoms. The molecule has 0 aliphatic heterocycles. The number of carboxylic acids is 1. The van der Waals surface area contributed by atoms with E-state index in [0.29, 0.717) is 29.5 Å². The highest BCUT2D eigenvalue weighted by molar-refractivity contribution is 14.1. The maximum Gasteiger partial charge on any atom is 0.342 e. The van der Waals surface area contributed by atoms with E-state index >= 15 is 0 Å². The van der Waals surface area contributed by atoms with Crippen molar-refractivity contribution in [2.24, 2.45) is 0 Å². The van der Waals surface area contributed by atoms with E-state index in [1.54, 1.807) is 44.6 Å². The fourth-order valence-corrected chi connectivity index (χ4v) is 5.53. The van der Waals surface area contributed by atoms with Crippen LogP contribution >= 0.6 is 56.9 Å². The standard InChI is InChI=1S/C22H19I2N3O5S/c1-4-5-32-19-16(23)6-12(7-17(19)24)8-18(21(28)29)33-22-25-20(26-27-22)13-9-14(30-2)11-15(10-13)31-3/h4,6-11H,1,5H2,2-3H3,(H,28,29)(H,25,26,27)/b18-8-. The summed E-state index contributed by atoms with van der Waals surface area (Å²) in [5, 5.41) is 17.0. The van der Waals surface area contributed by atoms with Gasteiger partial charge in [-0.05, 0) is 92.8 Å². The first-order valence-corrected chi connectivity index (χ1v) is 12.3. The minimum atomic E-state index is -1.08. The largest absolute Gasteiger partial charge is 0.497 e. The fourth-order valence-electron chi connectivity index (χ4n) is 2.69. The number of halogens is 2. The van der Waals surface area contributed by atoms with Crippen molar-refractivity contribution < 1.29 is 24.1 Å². The summed E-state index contributed by atoms with van der Waals surface area (Å²) < 4.78 is 18.0. The van der Waals surface area contributed by atoms with Gasteiger partial charge in [-0.1, -0.05) is 12.7 Å². The normalized spacial score (nSPS) is 11.2. The van der Waals surface area contributed by atoms with Gasteiger partial charge < -0.3 is 19.3 Å². The highest BCUT2D eigenvalue weighted by atomic mass is 127. The Hall–Kier alpha value is -2.26. The molecule has 1 heterocycles. The van der Waals surface area contributed by atoms with Crippen molar-refractivity contribution in [3.05, 3.63) is 60.6 Å². The van der Waals surface area contributed by atoms with E-state index in [-0.39, 0.29) is 10.1 Å². The lowest BCUT2D eigenvalue weighted by molar-refractivity contribution is -0.131. The first-order chi connectivity index (χ1) is 15.8. The molecule has 1 aromatic heterocycles. The van der Waals surface area contributed by atoms with Crippen molar-refractivity contribution in [1.82, 2.24) is 15.2 Å². The second kappa shape index (κ2) is 11.7. The van der Waals surface area contributed by atoms with Gasteiger partial charge in [0.2, 0.25) is 5.16 Å². The molecular formula is C22H19I2N3O5S. The van der Waals surface area contributed by atoms with E-state index in [1.807, 2.05) is 12.1 Å². The number of H-pyrrole nitrogens is 1. The van der Waals surface area contributed by atoms with Crippen LogP contribution in [0.25, 0.3) is 17.5 Å². The second-order valence-corrected chi connectivity index (χ2v) is 9.73. The van der Waals surface area contributed by atoms with Crippen LogP contribution in [0.1, 0.15) is 5.56 Å². The summed E-state index contributed by atoms with van der Waals surface area (Å²) in [7, 11) is 3.12. The first kappa shape index (κ1) is 25.4. The molecule has 0 aliphatic rings. The summed E-state index contributed by atoms with van der Waals surface area (Å²) >= 11 is 5.28. The van der Waals surface area contributed by atoms with Crippen molar-refractivity contribution in [2.45, 2.75) is 5.16 Å². The third kappa shape index (κ3) is 6.63. The van der Waals surface area contributed by atoms with Gasteiger partial charge in [-0.25, -0.2) is 9.78 Å². The molecule has 3 aromatic rings. The number of aromatic nitrogens is 3. The molecule has 0 atom stereocenters. The van der Waals surface area contributed by atoms with E-state index in [2.05, 4.69) is 66.9 Å². The van der Waals surface area contributed by atoms with E-state index in [1.165, 1.54) is 0 Å². The zero-order valence-electron chi connectivity index (χ0n) is 17.6. The Balaban J connectivity index is 1.87. The van der Waals surface area contributed by atoms with E-state index in [0.717, 1.165) is 30.2 Å². The molecule has 0 bridgehead atoms. The number of benzene rings is 2. The molecule has 3 rings (SSSR count).